The molecule has 1 saturated heterocycles. The van der Waals surface area contributed by atoms with Crippen molar-refractivity contribution in [3.05, 3.63) is 83.3 Å². The molecule has 4 rings (SSSR count). The Morgan fingerprint density at radius 2 is 1.82 bits per heavy atom. The van der Waals surface area contributed by atoms with Gasteiger partial charge in [0.05, 0.1) is 17.6 Å². The normalized spacial score (nSPS) is 14.7. The lowest BCUT2D eigenvalue weighted by Crippen LogP contribution is -2.44. The number of nitrogens with zero attached hydrogens (tertiary/aromatic N) is 3. The van der Waals surface area contributed by atoms with E-state index in [9.17, 15) is 9.59 Å². The average molecular weight is 445 g/mol. The lowest BCUT2D eigenvalue weighted by Gasteiger charge is -2.32. The van der Waals surface area contributed by atoms with E-state index < -0.39 is 5.91 Å². The highest BCUT2D eigenvalue weighted by Crippen LogP contribution is 2.20. The van der Waals surface area contributed by atoms with Crippen LogP contribution in [0, 0.1) is 0 Å². The summed E-state index contributed by atoms with van der Waals surface area (Å²) in [6.45, 7) is 2.89. The molecule has 33 heavy (non-hydrogen) atoms. The predicted molar refractivity (Wildman–Crippen MR) is 126 cm³/mol. The number of hydrogen-bond donors (Lipinski definition) is 3. The Hall–Kier alpha value is -3.62. The molecule has 0 spiro atoms. The number of rotatable bonds is 7. The van der Waals surface area contributed by atoms with E-state index in [0.29, 0.717) is 22.5 Å². The van der Waals surface area contributed by atoms with Gasteiger partial charge in [-0.3, -0.25) is 19.5 Å². The van der Waals surface area contributed by atoms with Gasteiger partial charge in [-0.05, 0) is 30.5 Å². The van der Waals surface area contributed by atoms with Crippen molar-refractivity contribution in [3.63, 3.8) is 0 Å². The molecule has 0 bridgehead atoms. The number of primary amides is 1. The van der Waals surface area contributed by atoms with Crippen LogP contribution in [-0.2, 0) is 13.1 Å². The molecule has 5 N–H and O–H groups in total. The fraction of sp³-hybridized carbons (Fsp3) is 0.280. The molecule has 1 aliphatic rings. The molecule has 1 fully saturated rings. The number of amides is 2. The molecule has 0 unspecified atom stereocenters. The standard InChI is InChI=1S/C25H28N6O2/c26-14-21-23(24(27)32)30-22(15-28-21)18-7-4-8-19(13-18)25(33)29-20-9-11-31(12-10-20)16-17-5-2-1-3-6-17/h1-8,13,15,20H,9-12,14,16,26H2,(H2,27,32)(H,29,33). The van der Waals surface area contributed by atoms with Crippen molar-refractivity contribution < 1.29 is 9.59 Å². The van der Waals surface area contributed by atoms with Gasteiger partial charge in [-0.1, -0.05) is 42.5 Å². The Balaban J connectivity index is 1.39. The van der Waals surface area contributed by atoms with Crippen molar-refractivity contribution in [2.24, 2.45) is 11.5 Å². The van der Waals surface area contributed by atoms with E-state index in [1.807, 2.05) is 12.1 Å². The number of nitrogens with one attached hydrogen (secondary N) is 1. The first-order valence-corrected chi connectivity index (χ1v) is 11.1. The van der Waals surface area contributed by atoms with Crippen LogP contribution in [0.15, 0.2) is 60.8 Å². The molecule has 0 saturated carbocycles. The van der Waals surface area contributed by atoms with Crippen molar-refractivity contribution >= 4 is 11.8 Å². The second-order valence-corrected chi connectivity index (χ2v) is 8.21. The van der Waals surface area contributed by atoms with E-state index in [1.165, 1.54) is 11.8 Å². The average Bonchev–Trinajstić information content (AvgIpc) is 2.85. The summed E-state index contributed by atoms with van der Waals surface area (Å²) in [6, 6.07) is 17.7. The summed E-state index contributed by atoms with van der Waals surface area (Å²) in [6.07, 6.45) is 3.35. The number of hydrogen-bond acceptors (Lipinski definition) is 6. The van der Waals surface area contributed by atoms with Gasteiger partial charge in [-0.2, -0.15) is 0 Å². The van der Waals surface area contributed by atoms with Crippen LogP contribution in [0.4, 0.5) is 0 Å². The van der Waals surface area contributed by atoms with Gasteiger partial charge >= 0.3 is 0 Å². The summed E-state index contributed by atoms with van der Waals surface area (Å²) in [4.78, 5) is 35.5. The summed E-state index contributed by atoms with van der Waals surface area (Å²) < 4.78 is 0. The molecule has 170 valence electrons. The smallest absolute Gasteiger partial charge is 0.269 e. The SMILES string of the molecule is NCc1ncc(-c2cccc(C(=O)NC3CCN(Cc4ccccc4)CC3)c2)nc1C(N)=O. The van der Waals surface area contributed by atoms with Gasteiger partial charge in [-0.15, -0.1) is 0 Å². The van der Waals surface area contributed by atoms with Crippen LogP contribution in [0.5, 0.6) is 0 Å². The fourth-order valence-electron chi connectivity index (χ4n) is 4.07. The Labute approximate surface area is 193 Å². The summed E-state index contributed by atoms with van der Waals surface area (Å²) in [5, 5.41) is 3.15. The van der Waals surface area contributed by atoms with E-state index >= 15 is 0 Å². The monoisotopic (exact) mass is 444 g/mol. The van der Waals surface area contributed by atoms with E-state index in [0.717, 1.165) is 32.5 Å². The predicted octanol–water partition coefficient (Wildman–Crippen LogP) is 2.10. The van der Waals surface area contributed by atoms with Gasteiger partial charge in [0.1, 0.15) is 0 Å². The van der Waals surface area contributed by atoms with Crippen molar-refractivity contribution in [1.29, 1.82) is 0 Å². The number of nitrogens with two attached hydrogens (primary N) is 2. The number of likely N-dealkylation sites (tertiary alicyclic amines) is 1. The Morgan fingerprint density at radius 3 is 2.52 bits per heavy atom. The molecule has 8 heteroatoms. The molecular weight excluding hydrogens is 416 g/mol. The minimum Gasteiger partial charge on any atom is -0.364 e. The second-order valence-electron chi connectivity index (χ2n) is 8.21. The molecule has 0 atom stereocenters. The number of piperidine rings is 1. The topological polar surface area (TPSA) is 127 Å². The molecule has 8 nitrogen and oxygen atoms in total. The van der Waals surface area contributed by atoms with Crippen LogP contribution in [0.25, 0.3) is 11.3 Å². The molecule has 0 aliphatic carbocycles. The van der Waals surface area contributed by atoms with E-state index in [1.54, 1.807) is 18.2 Å². The third-order valence-corrected chi connectivity index (χ3v) is 5.87. The quantitative estimate of drug-likeness (QED) is 0.512. The maximum atomic E-state index is 12.9. The molecule has 3 aromatic rings. The van der Waals surface area contributed by atoms with Gasteiger partial charge in [-0.25, -0.2) is 4.98 Å². The lowest BCUT2D eigenvalue weighted by atomic mass is 10.0. The van der Waals surface area contributed by atoms with Gasteiger partial charge in [0.2, 0.25) is 0 Å². The van der Waals surface area contributed by atoms with Crippen LogP contribution in [0.1, 0.15) is 44.9 Å². The van der Waals surface area contributed by atoms with Crippen molar-refractivity contribution in [2.45, 2.75) is 32.0 Å². The highest BCUT2D eigenvalue weighted by Gasteiger charge is 2.21. The largest absolute Gasteiger partial charge is 0.364 e. The summed E-state index contributed by atoms with van der Waals surface area (Å²) in [7, 11) is 0. The summed E-state index contributed by atoms with van der Waals surface area (Å²) in [5.41, 5.74) is 14.4. The number of benzene rings is 2. The zero-order valence-electron chi connectivity index (χ0n) is 18.4. The Kier molecular flexibility index (Phi) is 7.07. The minimum atomic E-state index is -0.683. The van der Waals surface area contributed by atoms with Crippen LogP contribution in [-0.4, -0.2) is 45.8 Å². The van der Waals surface area contributed by atoms with E-state index in [2.05, 4.69) is 44.5 Å². The molecule has 2 amide bonds. The molecule has 2 heterocycles. The minimum absolute atomic E-state index is 0.0483. The zero-order chi connectivity index (χ0) is 23.2. The Bertz CT molecular complexity index is 1130. The first-order valence-electron chi connectivity index (χ1n) is 11.1. The van der Waals surface area contributed by atoms with E-state index in [4.69, 9.17) is 11.5 Å². The molecule has 1 aliphatic heterocycles. The second kappa shape index (κ2) is 10.3. The van der Waals surface area contributed by atoms with Gasteiger partial charge in [0, 0.05) is 43.3 Å². The van der Waals surface area contributed by atoms with Gasteiger partial charge in [0.25, 0.3) is 11.8 Å². The number of carbonyl (C=O) groups excluding carboxylic acids is 2. The highest BCUT2D eigenvalue weighted by atomic mass is 16.2. The zero-order valence-corrected chi connectivity index (χ0v) is 18.4. The maximum Gasteiger partial charge on any atom is 0.269 e. The highest BCUT2D eigenvalue weighted by molar-refractivity contribution is 5.96. The molecule has 1 aromatic heterocycles. The van der Waals surface area contributed by atoms with Crippen molar-refractivity contribution in [2.75, 3.05) is 13.1 Å². The lowest BCUT2D eigenvalue weighted by molar-refractivity contribution is 0.0908. The van der Waals surface area contributed by atoms with Crippen molar-refractivity contribution in [3.8, 4) is 11.3 Å². The van der Waals surface area contributed by atoms with E-state index in [-0.39, 0.29) is 24.2 Å². The number of aromatic nitrogens is 2. The van der Waals surface area contributed by atoms with Crippen molar-refractivity contribution in [1.82, 2.24) is 20.2 Å². The summed E-state index contributed by atoms with van der Waals surface area (Å²) >= 11 is 0. The van der Waals surface area contributed by atoms with Gasteiger partial charge in [0.15, 0.2) is 5.69 Å². The van der Waals surface area contributed by atoms with Crippen LogP contribution < -0.4 is 16.8 Å². The molecular formula is C25H28N6O2. The third kappa shape index (κ3) is 5.60. The van der Waals surface area contributed by atoms with Crippen LogP contribution >= 0.6 is 0 Å². The fourth-order valence-corrected chi connectivity index (χ4v) is 4.07. The maximum absolute atomic E-state index is 12.9. The van der Waals surface area contributed by atoms with Crippen LogP contribution in [0.3, 0.4) is 0 Å². The Morgan fingerprint density at radius 1 is 1.06 bits per heavy atom. The number of carbonyl (C=O) groups is 2. The summed E-state index contributed by atoms with van der Waals surface area (Å²) in [5.74, 6) is -0.808. The first kappa shape index (κ1) is 22.6. The molecule has 0 radical (unpaired) electrons. The first-order chi connectivity index (χ1) is 16.0. The van der Waals surface area contributed by atoms with Crippen LogP contribution in [0.2, 0.25) is 0 Å². The molecule has 2 aromatic carbocycles. The third-order valence-electron chi connectivity index (χ3n) is 5.87. The van der Waals surface area contributed by atoms with Gasteiger partial charge < -0.3 is 16.8 Å².